The third-order valence-electron chi connectivity index (χ3n) is 4.98. The Morgan fingerprint density at radius 3 is 1.29 bits per heavy atom. The van der Waals surface area contributed by atoms with Crippen LogP contribution in [0, 0.1) is 0 Å². The van der Waals surface area contributed by atoms with E-state index >= 15 is 0 Å². The van der Waals surface area contributed by atoms with Crippen LogP contribution in [-0.4, -0.2) is 39.4 Å². The molecule has 0 aromatic heterocycles. The molecule has 0 amide bonds. The summed E-state index contributed by atoms with van der Waals surface area (Å²) in [4.78, 5) is 0. The van der Waals surface area contributed by atoms with E-state index in [-0.39, 0.29) is 0 Å². The van der Waals surface area contributed by atoms with Crippen molar-refractivity contribution in [3.8, 4) is 0 Å². The van der Waals surface area contributed by atoms with Crippen LogP contribution in [0.1, 0.15) is 78.6 Å². The molecule has 4 nitrogen and oxygen atoms in total. The van der Waals surface area contributed by atoms with Crippen LogP contribution in [0.5, 0.6) is 0 Å². The summed E-state index contributed by atoms with van der Waals surface area (Å²) < 4.78 is 29.6. The van der Waals surface area contributed by atoms with Gasteiger partial charge in [-0.25, -0.2) is 0 Å². The number of hydrogen-bond donors (Lipinski definition) is 0. The van der Waals surface area contributed by atoms with Crippen molar-refractivity contribution in [1.29, 1.82) is 0 Å². The van der Waals surface area contributed by atoms with Gasteiger partial charge in [0, 0.05) is 0 Å². The topological polar surface area (TPSA) is 44.8 Å². The van der Waals surface area contributed by atoms with E-state index in [4.69, 9.17) is 13.4 Å². The third-order valence-corrected chi connectivity index (χ3v) is 13.4. The van der Waals surface area contributed by atoms with Crippen molar-refractivity contribution < 1.29 is 17.9 Å². The molecule has 0 fully saturated rings. The summed E-state index contributed by atoms with van der Waals surface area (Å²) in [5.41, 5.74) is 0. The average molecular weight is 384 g/mol. The van der Waals surface area contributed by atoms with Crippen molar-refractivity contribution in [2.24, 2.45) is 0 Å². The first kappa shape index (κ1) is 24.5. The van der Waals surface area contributed by atoms with E-state index in [9.17, 15) is 4.57 Å². The molecular weight excluding hydrogens is 342 g/mol. The second-order valence-electron chi connectivity index (χ2n) is 7.38. The summed E-state index contributed by atoms with van der Waals surface area (Å²) in [7, 11) is -0.604. The molecule has 0 atom stereocenters. The summed E-state index contributed by atoms with van der Waals surface area (Å²) in [5.74, 6) is 0. The molecule has 0 aliphatic rings. The minimum atomic E-state index is -3.46. The van der Waals surface area contributed by atoms with Gasteiger partial charge in [-0.1, -0.05) is 0 Å². The van der Waals surface area contributed by atoms with Crippen LogP contribution >= 0.6 is 14.7 Å². The summed E-state index contributed by atoms with van der Waals surface area (Å²) in [5, 5.41) is 0. The molecule has 0 aromatic carbocycles. The van der Waals surface area contributed by atoms with Crippen LogP contribution < -0.4 is 0 Å². The third kappa shape index (κ3) is 8.77. The van der Waals surface area contributed by atoms with Gasteiger partial charge < -0.3 is 0 Å². The fourth-order valence-electron chi connectivity index (χ4n) is 3.34. The Morgan fingerprint density at radius 2 is 1.04 bits per heavy atom. The molecule has 0 N–H and O–H groups in total. The number of phosphoric ester groups is 1. The molecule has 0 radical (unpaired) electrons. The maximum absolute atomic E-state index is 12.8. The number of rotatable bonds is 16. The normalized spacial score (nSPS) is 14.5. The van der Waals surface area contributed by atoms with Gasteiger partial charge in [0.25, 0.3) is 0 Å². The Labute approximate surface area is 151 Å². The molecule has 24 heavy (non-hydrogen) atoms. The molecule has 0 saturated carbocycles. The molecule has 0 saturated heterocycles. The summed E-state index contributed by atoms with van der Waals surface area (Å²) in [6, 6.07) is 0. The van der Waals surface area contributed by atoms with Crippen molar-refractivity contribution in [2.45, 2.75) is 78.6 Å². The predicted molar refractivity (Wildman–Crippen MR) is 109 cm³/mol. The zero-order chi connectivity index (χ0) is 18.6. The van der Waals surface area contributed by atoms with Gasteiger partial charge in [0.1, 0.15) is 0 Å². The van der Waals surface area contributed by atoms with E-state index in [0.29, 0.717) is 0 Å². The minimum absolute atomic E-state index is 1.03. The van der Waals surface area contributed by atoms with Crippen molar-refractivity contribution in [3.05, 3.63) is 0 Å². The Kier molecular flexibility index (Phi) is 12.3. The Hall–Kier alpha value is 0.540. The SMILES string of the molecule is CCCCCP(C)(CCCCC)(CCCCC)OP(=O)(OC)OC. The quantitative estimate of drug-likeness (QED) is 0.211. The number of unbranched alkanes of at least 4 members (excludes halogenated alkanes) is 6. The standard InChI is InChI=1S/C18H42O4P2/c1-7-10-13-16-24(6,17-14-11-8-2,18-15-12-9-3)22-23(19,20-4)21-5/h7-18H2,1-6H3. The average Bonchev–Trinajstić information content (AvgIpc) is 2.56. The van der Waals surface area contributed by atoms with E-state index in [0.717, 1.165) is 37.7 Å². The molecule has 0 aliphatic carbocycles. The molecule has 0 bridgehead atoms. The summed E-state index contributed by atoms with van der Waals surface area (Å²) in [6.45, 7) is 6.35. The van der Waals surface area contributed by atoms with Gasteiger partial charge in [-0.3, -0.25) is 0 Å². The van der Waals surface area contributed by atoms with E-state index < -0.39 is 14.7 Å². The van der Waals surface area contributed by atoms with Crippen molar-refractivity contribution in [3.63, 3.8) is 0 Å². The van der Waals surface area contributed by atoms with Crippen LogP contribution in [0.3, 0.4) is 0 Å². The molecule has 0 heterocycles. The van der Waals surface area contributed by atoms with Crippen LogP contribution in [0.25, 0.3) is 0 Å². The molecule has 148 valence electrons. The molecule has 0 aromatic rings. The van der Waals surface area contributed by atoms with E-state index in [2.05, 4.69) is 27.4 Å². The predicted octanol–water partition coefficient (Wildman–Crippen LogP) is 7.07. The molecule has 0 unspecified atom stereocenters. The first-order chi connectivity index (χ1) is 11.3. The van der Waals surface area contributed by atoms with Gasteiger partial charge in [0.15, 0.2) is 0 Å². The van der Waals surface area contributed by atoms with E-state index in [1.807, 2.05) is 0 Å². The number of phosphoric acid groups is 1. The van der Waals surface area contributed by atoms with Crippen molar-refractivity contribution in [1.82, 2.24) is 0 Å². The Morgan fingerprint density at radius 1 is 0.708 bits per heavy atom. The van der Waals surface area contributed by atoms with Gasteiger partial charge in [-0.15, -0.1) is 0 Å². The van der Waals surface area contributed by atoms with Gasteiger partial charge in [-0.2, -0.15) is 0 Å². The molecular formula is C18H42O4P2. The fraction of sp³-hybridized carbons (Fsp3) is 1.00. The zero-order valence-corrected chi connectivity index (χ0v) is 18.8. The Bertz CT molecular complexity index is 337. The van der Waals surface area contributed by atoms with Crippen LogP contribution in [-0.2, 0) is 17.9 Å². The fourth-order valence-corrected chi connectivity index (χ4v) is 11.5. The molecule has 0 spiro atoms. The zero-order valence-electron chi connectivity index (χ0n) is 17.0. The molecule has 6 heteroatoms. The van der Waals surface area contributed by atoms with E-state index in [1.165, 1.54) is 52.7 Å². The monoisotopic (exact) mass is 384 g/mol. The van der Waals surface area contributed by atoms with Gasteiger partial charge in [0.05, 0.1) is 0 Å². The second kappa shape index (κ2) is 12.0. The maximum atomic E-state index is 12.8. The van der Waals surface area contributed by atoms with Gasteiger partial charge in [0.2, 0.25) is 0 Å². The van der Waals surface area contributed by atoms with Crippen LogP contribution in [0.2, 0.25) is 0 Å². The molecule has 0 aliphatic heterocycles. The second-order valence-corrected chi connectivity index (χ2v) is 15.4. The Balaban J connectivity index is 5.48. The van der Waals surface area contributed by atoms with Crippen LogP contribution in [0.15, 0.2) is 0 Å². The van der Waals surface area contributed by atoms with Gasteiger partial charge >= 0.3 is 151 Å². The first-order valence-electron chi connectivity index (χ1n) is 9.75. The van der Waals surface area contributed by atoms with Crippen molar-refractivity contribution in [2.75, 3.05) is 39.4 Å². The summed E-state index contributed by atoms with van der Waals surface area (Å²) >= 11 is 0. The molecule has 0 rings (SSSR count). The van der Waals surface area contributed by atoms with E-state index in [1.54, 1.807) is 0 Å². The van der Waals surface area contributed by atoms with Crippen LogP contribution in [0.4, 0.5) is 0 Å². The first-order valence-corrected chi connectivity index (χ1v) is 14.4. The summed E-state index contributed by atoms with van der Waals surface area (Å²) in [6.07, 6.45) is 13.6. The van der Waals surface area contributed by atoms with Crippen molar-refractivity contribution >= 4 is 14.7 Å². The number of hydrogen-bond acceptors (Lipinski definition) is 4. The van der Waals surface area contributed by atoms with Gasteiger partial charge in [-0.05, 0) is 0 Å².